The number of ether oxygens (including phenoxy) is 4. The summed E-state index contributed by atoms with van der Waals surface area (Å²) in [6.07, 6.45) is 46.2. The maximum atomic E-state index is 12.8. The first-order valence-corrected chi connectivity index (χ1v) is 24.6. The van der Waals surface area contributed by atoms with Crippen LogP contribution in [-0.4, -0.2) is 88.4 Å². The van der Waals surface area contributed by atoms with Gasteiger partial charge in [0.2, 0.25) is 0 Å². The zero-order chi connectivity index (χ0) is 46.7. The second-order valence-electron chi connectivity index (χ2n) is 16.6. The fourth-order valence-corrected chi connectivity index (χ4v) is 6.88. The topological polar surface area (TPSA) is 169 Å². The lowest BCUT2D eigenvalue weighted by molar-refractivity contribution is -0.298. The van der Waals surface area contributed by atoms with Gasteiger partial charge in [0.05, 0.1) is 6.61 Å². The van der Waals surface area contributed by atoms with Crippen LogP contribution in [0.5, 0.6) is 0 Å². The summed E-state index contributed by atoms with van der Waals surface area (Å²) in [5, 5.41) is 39.9. The number of carboxylic acid groups (broad SMARTS) is 1. The molecule has 1 rings (SSSR count). The zero-order valence-corrected chi connectivity index (χ0v) is 39.5. The Morgan fingerprint density at radius 3 is 1.39 bits per heavy atom. The summed E-state index contributed by atoms with van der Waals surface area (Å²) in [6.45, 7) is 3.65. The first-order chi connectivity index (χ1) is 31.2. The normalized spacial score (nSPS) is 20.0. The van der Waals surface area contributed by atoms with Gasteiger partial charge in [-0.15, -0.1) is 0 Å². The lowest BCUT2D eigenvalue weighted by Crippen LogP contribution is -2.60. The molecule has 11 heteroatoms. The molecule has 1 saturated heterocycles. The van der Waals surface area contributed by atoms with Gasteiger partial charge in [-0.1, -0.05) is 163 Å². The quantitative estimate of drug-likeness (QED) is 0.0262. The van der Waals surface area contributed by atoms with Gasteiger partial charge in [0.25, 0.3) is 0 Å². The highest BCUT2D eigenvalue weighted by Gasteiger charge is 2.47. The highest BCUT2D eigenvalue weighted by molar-refractivity contribution is 5.73. The number of hydrogen-bond donors (Lipinski definition) is 4. The van der Waals surface area contributed by atoms with Gasteiger partial charge in [-0.25, -0.2) is 4.79 Å². The first-order valence-electron chi connectivity index (χ1n) is 24.6. The van der Waals surface area contributed by atoms with Crippen LogP contribution in [0, 0.1) is 0 Å². The van der Waals surface area contributed by atoms with Crippen LogP contribution in [-0.2, 0) is 33.3 Å². The number of aliphatic carboxylic acids is 1. The molecule has 0 aliphatic carbocycles. The van der Waals surface area contributed by atoms with Gasteiger partial charge in [-0.05, 0) is 89.9 Å². The van der Waals surface area contributed by atoms with Crippen LogP contribution < -0.4 is 0 Å². The third-order valence-corrected chi connectivity index (χ3v) is 10.7. The summed E-state index contributed by atoms with van der Waals surface area (Å²) in [5.41, 5.74) is 0. The number of allylic oxidation sites excluding steroid dienone is 14. The van der Waals surface area contributed by atoms with E-state index in [1.165, 1.54) is 25.7 Å². The molecule has 6 unspecified atom stereocenters. The van der Waals surface area contributed by atoms with Gasteiger partial charge in [0.15, 0.2) is 18.5 Å². The Morgan fingerprint density at radius 1 is 0.500 bits per heavy atom. The van der Waals surface area contributed by atoms with Crippen molar-refractivity contribution in [2.45, 2.75) is 218 Å². The minimum Gasteiger partial charge on any atom is -0.479 e. The molecule has 0 aromatic carbocycles. The molecule has 11 nitrogen and oxygen atoms in total. The van der Waals surface area contributed by atoms with Crippen LogP contribution in [0.3, 0.4) is 0 Å². The largest absolute Gasteiger partial charge is 0.479 e. The van der Waals surface area contributed by atoms with Crippen LogP contribution in [0.1, 0.15) is 181 Å². The first kappa shape index (κ1) is 58.4. The summed E-state index contributed by atoms with van der Waals surface area (Å²) in [7, 11) is 0. The second kappa shape index (κ2) is 42.1. The average molecular weight is 899 g/mol. The summed E-state index contributed by atoms with van der Waals surface area (Å²) >= 11 is 0. The van der Waals surface area contributed by atoms with Crippen molar-refractivity contribution in [1.29, 1.82) is 0 Å². The van der Waals surface area contributed by atoms with E-state index in [2.05, 4.69) is 98.9 Å². The van der Waals surface area contributed by atoms with Crippen molar-refractivity contribution in [1.82, 2.24) is 0 Å². The minimum absolute atomic E-state index is 0.160. The molecule has 0 bridgehead atoms. The highest BCUT2D eigenvalue weighted by Crippen LogP contribution is 2.23. The molecule has 1 aliphatic rings. The molecule has 364 valence electrons. The monoisotopic (exact) mass is 899 g/mol. The fourth-order valence-electron chi connectivity index (χ4n) is 6.88. The maximum absolute atomic E-state index is 12.8. The van der Waals surface area contributed by atoms with E-state index in [-0.39, 0.29) is 19.4 Å². The van der Waals surface area contributed by atoms with Crippen LogP contribution in [0.2, 0.25) is 0 Å². The van der Waals surface area contributed by atoms with E-state index < -0.39 is 61.3 Å². The Labute approximate surface area is 386 Å². The average Bonchev–Trinajstić information content (AvgIpc) is 3.28. The minimum atomic E-state index is -1.87. The van der Waals surface area contributed by atoms with Crippen molar-refractivity contribution < 1.29 is 53.8 Å². The molecular weight excluding hydrogens is 813 g/mol. The molecular formula is C53H86O11. The summed E-state index contributed by atoms with van der Waals surface area (Å²) < 4.78 is 21.8. The Bertz CT molecular complexity index is 1380. The molecule has 0 radical (unpaired) electrons. The van der Waals surface area contributed by atoms with E-state index >= 15 is 0 Å². The van der Waals surface area contributed by atoms with Gasteiger partial charge in [0.1, 0.15) is 24.9 Å². The Hall–Kier alpha value is -3.61. The van der Waals surface area contributed by atoms with Gasteiger partial charge < -0.3 is 39.4 Å². The number of aliphatic hydroxyl groups excluding tert-OH is 3. The van der Waals surface area contributed by atoms with Gasteiger partial charge >= 0.3 is 17.9 Å². The molecule has 0 amide bonds. The Balaban J connectivity index is 2.36. The molecule has 0 aromatic heterocycles. The molecule has 6 atom stereocenters. The molecule has 1 fully saturated rings. The van der Waals surface area contributed by atoms with Gasteiger partial charge in [0, 0.05) is 12.8 Å². The number of rotatable bonds is 40. The van der Waals surface area contributed by atoms with E-state index in [1.807, 2.05) is 0 Å². The number of hydrogen-bond acceptors (Lipinski definition) is 10. The predicted molar refractivity (Wildman–Crippen MR) is 256 cm³/mol. The van der Waals surface area contributed by atoms with E-state index in [1.54, 1.807) is 0 Å². The molecule has 0 saturated carbocycles. The van der Waals surface area contributed by atoms with E-state index in [9.17, 15) is 34.8 Å². The lowest BCUT2D eigenvalue weighted by atomic mass is 9.99. The number of carbonyl (C=O) groups excluding carboxylic acids is 2. The van der Waals surface area contributed by atoms with Crippen molar-refractivity contribution >= 4 is 17.9 Å². The van der Waals surface area contributed by atoms with E-state index in [4.69, 9.17) is 18.9 Å². The predicted octanol–water partition coefficient (Wildman–Crippen LogP) is 11.4. The van der Waals surface area contributed by atoms with Crippen molar-refractivity contribution in [3.8, 4) is 0 Å². The zero-order valence-electron chi connectivity index (χ0n) is 39.5. The smallest absolute Gasteiger partial charge is 0.335 e. The third kappa shape index (κ3) is 33.0. The van der Waals surface area contributed by atoms with Crippen molar-refractivity contribution in [2.75, 3.05) is 13.2 Å². The number of carboxylic acids is 1. The van der Waals surface area contributed by atoms with Crippen LogP contribution in [0.15, 0.2) is 85.1 Å². The van der Waals surface area contributed by atoms with Crippen LogP contribution >= 0.6 is 0 Å². The molecule has 1 aliphatic heterocycles. The van der Waals surface area contributed by atoms with Crippen molar-refractivity contribution in [3.63, 3.8) is 0 Å². The van der Waals surface area contributed by atoms with Crippen LogP contribution in [0.25, 0.3) is 0 Å². The fraction of sp³-hybridized carbons (Fsp3) is 0.679. The standard InChI is InChI=1S/C53H86O11/c1-3-5-7-9-11-13-15-17-19-21-23-25-27-29-31-33-35-37-39-41-46(54)61-43-45(44-62-53-50(58)48(56)49(57)51(64-53)52(59)60)63-47(55)42-40-38-36-34-32-30-28-26-24-22-20-18-16-14-12-10-8-6-4-2/h5,7,11-14,17-20,23-26,45,48-51,53,56-58H,3-4,6,8-10,15-16,21-22,27-44H2,1-2H3,(H,59,60)/b7-5-,13-11-,14-12-,19-17-,20-18-,25-23-,26-24-. The molecule has 4 N–H and O–H groups in total. The van der Waals surface area contributed by atoms with Gasteiger partial charge in [-0.3, -0.25) is 9.59 Å². The number of aliphatic hydroxyl groups is 3. The van der Waals surface area contributed by atoms with Crippen molar-refractivity contribution in [3.05, 3.63) is 85.1 Å². The Kier molecular flexibility index (Phi) is 38.4. The number of esters is 2. The summed E-state index contributed by atoms with van der Waals surface area (Å²) in [5.74, 6) is -2.49. The highest BCUT2D eigenvalue weighted by atomic mass is 16.7. The van der Waals surface area contributed by atoms with Crippen LogP contribution in [0.4, 0.5) is 0 Å². The molecule has 0 aromatic rings. The van der Waals surface area contributed by atoms with E-state index in [0.29, 0.717) is 12.8 Å². The SMILES string of the molecule is CC/C=C\C/C=C\C/C=C\C/C=C\CCCCCCCCC(=O)OCC(COC1OC(C(=O)O)C(O)C(O)C1O)OC(=O)CCCCCCCC/C=C\C/C=C\C/C=C\CCCCC. The third-order valence-electron chi connectivity index (χ3n) is 10.7. The molecule has 1 heterocycles. The number of unbranched alkanes of at least 4 members (excludes halogenated alkanes) is 15. The molecule has 64 heavy (non-hydrogen) atoms. The number of carbonyl (C=O) groups is 3. The maximum Gasteiger partial charge on any atom is 0.335 e. The lowest BCUT2D eigenvalue weighted by Gasteiger charge is -2.38. The molecule has 0 spiro atoms. The summed E-state index contributed by atoms with van der Waals surface area (Å²) in [4.78, 5) is 37.0. The van der Waals surface area contributed by atoms with Gasteiger partial charge in [-0.2, -0.15) is 0 Å². The van der Waals surface area contributed by atoms with E-state index in [0.717, 1.165) is 116 Å². The Morgan fingerprint density at radius 2 is 0.922 bits per heavy atom. The second-order valence-corrected chi connectivity index (χ2v) is 16.6. The summed E-state index contributed by atoms with van der Waals surface area (Å²) in [6, 6.07) is 0. The van der Waals surface area contributed by atoms with Crippen molar-refractivity contribution in [2.24, 2.45) is 0 Å².